The van der Waals surface area contributed by atoms with Crippen molar-refractivity contribution in [1.29, 1.82) is 0 Å². The lowest BCUT2D eigenvalue weighted by Gasteiger charge is -2.46. The molecule has 32 heavy (non-hydrogen) atoms. The number of nitrogens with zero attached hydrogens (tertiary/aromatic N) is 5. The fourth-order valence-electron chi connectivity index (χ4n) is 4.33. The Balaban J connectivity index is 1.86. The molecule has 1 atom stereocenters. The van der Waals surface area contributed by atoms with Crippen molar-refractivity contribution in [2.24, 2.45) is 0 Å². The highest BCUT2D eigenvalue weighted by Gasteiger charge is 2.44. The predicted molar refractivity (Wildman–Crippen MR) is 122 cm³/mol. The summed E-state index contributed by atoms with van der Waals surface area (Å²) in [6.45, 7) is 7.28. The molecule has 0 radical (unpaired) electrons. The van der Waals surface area contributed by atoms with Crippen LogP contribution in [0.1, 0.15) is 39.4 Å². The van der Waals surface area contributed by atoms with Gasteiger partial charge < -0.3 is 20.6 Å². The maximum Gasteiger partial charge on any atom is 0.252 e. The van der Waals surface area contributed by atoms with Crippen LogP contribution >= 0.6 is 11.6 Å². The first kappa shape index (κ1) is 22.0. The number of piperazine rings is 1. The summed E-state index contributed by atoms with van der Waals surface area (Å²) >= 11 is 6.39. The van der Waals surface area contributed by atoms with Crippen LogP contribution in [-0.4, -0.2) is 55.0 Å². The summed E-state index contributed by atoms with van der Waals surface area (Å²) in [4.78, 5) is 32.7. The Morgan fingerprint density at radius 3 is 2.66 bits per heavy atom. The first-order valence-corrected chi connectivity index (χ1v) is 10.6. The molecule has 1 fully saturated rings. The number of amides is 2. The minimum Gasteiger partial charge on any atom is -0.389 e. The maximum absolute atomic E-state index is 13.4. The molecule has 3 N–H and O–H groups in total. The molecule has 1 saturated heterocycles. The molecule has 0 spiro atoms. The number of aliphatic hydroxyl groups is 1. The van der Waals surface area contributed by atoms with Crippen LogP contribution < -0.4 is 10.6 Å². The van der Waals surface area contributed by atoms with Gasteiger partial charge in [0.2, 0.25) is 5.91 Å². The Morgan fingerprint density at radius 2 is 2.00 bits per heavy atom. The molecule has 1 aromatic carbocycles. The molecule has 9 nitrogen and oxygen atoms in total. The van der Waals surface area contributed by atoms with Crippen molar-refractivity contribution in [3.63, 3.8) is 0 Å². The Kier molecular flexibility index (Phi) is 5.34. The number of hydrogen-bond acceptors (Lipinski definition) is 6. The largest absolute Gasteiger partial charge is 0.389 e. The number of aromatic nitrogens is 3. The zero-order valence-electron chi connectivity index (χ0n) is 18.3. The molecule has 3 heterocycles. The first-order valence-electron chi connectivity index (χ1n) is 10.2. The number of carbonyl (C=O) groups excluding carboxylic acids is 2. The van der Waals surface area contributed by atoms with Crippen LogP contribution in [0.25, 0.3) is 16.8 Å². The summed E-state index contributed by atoms with van der Waals surface area (Å²) < 4.78 is 1.60. The average Bonchev–Trinajstić information content (AvgIpc) is 3.07. The van der Waals surface area contributed by atoms with Gasteiger partial charge in [-0.3, -0.25) is 9.59 Å². The third-order valence-corrected chi connectivity index (χ3v) is 6.26. The van der Waals surface area contributed by atoms with E-state index in [0.717, 1.165) is 5.56 Å². The number of hydrogen-bond donors (Lipinski definition) is 2. The molecule has 4 rings (SSSR count). The number of nitrogens with two attached hydrogens (primary N) is 1. The number of fused-ring (bicyclic) bond motifs is 1. The van der Waals surface area contributed by atoms with Crippen molar-refractivity contribution in [3.05, 3.63) is 41.2 Å². The van der Waals surface area contributed by atoms with E-state index in [-0.39, 0.29) is 17.6 Å². The van der Waals surface area contributed by atoms with E-state index in [1.807, 2.05) is 12.1 Å². The predicted octanol–water partition coefficient (Wildman–Crippen LogP) is 2.66. The van der Waals surface area contributed by atoms with Gasteiger partial charge in [0.25, 0.3) is 5.91 Å². The van der Waals surface area contributed by atoms with E-state index in [0.29, 0.717) is 40.6 Å². The molecule has 0 saturated carbocycles. The monoisotopic (exact) mass is 456 g/mol. The topological polar surface area (TPSA) is 117 Å². The molecular weight excluding hydrogens is 432 g/mol. The molecule has 1 aliphatic rings. The van der Waals surface area contributed by atoms with Gasteiger partial charge in [0.1, 0.15) is 17.4 Å². The van der Waals surface area contributed by atoms with Crippen LogP contribution in [0.3, 0.4) is 0 Å². The Labute approximate surface area is 190 Å². The molecule has 1 aliphatic heterocycles. The normalized spacial score (nSPS) is 17.1. The van der Waals surface area contributed by atoms with Crippen LogP contribution in [-0.2, 0) is 9.59 Å². The molecule has 168 valence electrons. The third kappa shape index (κ3) is 3.37. The van der Waals surface area contributed by atoms with Crippen molar-refractivity contribution in [3.8, 4) is 11.3 Å². The number of nitrogen functional groups attached to an aromatic ring is 1. The quantitative estimate of drug-likeness (QED) is 0.625. The standard InChI is InChI=1S/C22H25ClN6O3/c1-12(30)15-6-5-14(17-10-16(23)19-20(24)25-11-26-29(17)19)9-18(15)27-7-8-28(13(2)31)22(3,4)21(27)32/h5-6,9-12,30H,7-8H2,1-4H3,(H2,24,25,26). The molecule has 2 aromatic heterocycles. The van der Waals surface area contributed by atoms with E-state index >= 15 is 0 Å². The van der Waals surface area contributed by atoms with Gasteiger partial charge in [0.15, 0.2) is 5.82 Å². The number of carbonyl (C=O) groups is 2. The zero-order chi connectivity index (χ0) is 23.4. The van der Waals surface area contributed by atoms with Gasteiger partial charge in [0, 0.05) is 31.1 Å². The van der Waals surface area contributed by atoms with E-state index in [9.17, 15) is 14.7 Å². The number of aliphatic hydroxyl groups excluding tert-OH is 1. The highest BCUT2D eigenvalue weighted by Crippen LogP contribution is 2.37. The van der Waals surface area contributed by atoms with Gasteiger partial charge in [0.05, 0.1) is 22.5 Å². The van der Waals surface area contributed by atoms with E-state index in [1.165, 1.54) is 13.3 Å². The summed E-state index contributed by atoms with van der Waals surface area (Å²) in [5, 5.41) is 15.1. The van der Waals surface area contributed by atoms with Gasteiger partial charge in [-0.25, -0.2) is 9.50 Å². The average molecular weight is 457 g/mol. The van der Waals surface area contributed by atoms with Crippen molar-refractivity contribution in [2.75, 3.05) is 23.7 Å². The molecule has 10 heteroatoms. The SMILES string of the molecule is CC(=O)N1CCN(c2cc(-c3cc(Cl)c4c(N)ncnn34)ccc2C(C)O)C(=O)C1(C)C. The molecule has 1 unspecified atom stereocenters. The van der Waals surface area contributed by atoms with E-state index in [1.54, 1.807) is 47.2 Å². The minimum atomic E-state index is -1.01. The van der Waals surface area contributed by atoms with Gasteiger partial charge >= 0.3 is 0 Å². The molecule has 3 aromatic rings. The van der Waals surface area contributed by atoms with Crippen LogP contribution in [0.4, 0.5) is 11.5 Å². The highest BCUT2D eigenvalue weighted by atomic mass is 35.5. The number of anilines is 2. The summed E-state index contributed by atoms with van der Waals surface area (Å²) in [5.41, 5.74) is 8.05. The van der Waals surface area contributed by atoms with Crippen molar-refractivity contribution >= 4 is 40.4 Å². The fourth-order valence-corrected chi connectivity index (χ4v) is 4.61. The van der Waals surface area contributed by atoms with Gasteiger partial charge in [-0.15, -0.1) is 0 Å². The van der Waals surface area contributed by atoms with Crippen molar-refractivity contribution in [1.82, 2.24) is 19.5 Å². The van der Waals surface area contributed by atoms with Gasteiger partial charge in [-0.05, 0) is 32.9 Å². The first-order chi connectivity index (χ1) is 15.0. The summed E-state index contributed by atoms with van der Waals surface area (Å²) in [7, 11) is 0. The zero-order valence-corrected chi connectivity index (χ0v) is 19.1. The Hall–Kier alpha value is -3.17. The summed E-state index contributed by atoms with van der Waals surface area (Å²) in [5.74, 6) is -0.115. The number of rotatable bonds is 3. The molecule has 0 aliphatic carbocycles. The van der Waals surface area contributed by atoms with Crippen LogP contribution in [0, 0.1) is 0 Å². The molecule has 2 amide bonds. The van der Waals surface area contributed by atoms with E-state index in [4.69, 9.17) is 17.3 Å². The van der Waals surface area contributed by atoms with Gasteiger partial charge in [-0.1, -0.05) is 23.7 Å². The lowest BCUT2D eigenvalue weighted by molar-refractivity contribution is -0.145. The lowest BCUT2D eigenvalue weighted by atomic mass is 9.94. The van der Waals surface area contributed by atoms with Crippen molar-refractivity contribution < 1.29 is 14.7 Å². The van der Waals surface area contributed by atoms with Crippen LogP contribution in [0.15, 0.2) is 30.6 Å². The Bertz CT molecular complexity index is 1240. The number of halogens is 1. The van der Waals surface area contributed by atoms with E-state index in [2.05, 4.69) is 10.1 Å². The van der Waals surface area contributed by atoms with Crippen molar-refractivity contribution in [2.45, 2.75) is 39.3 Å². The minimum absolute atomic E-state index is 0.154. The van der Waals surface area contributed by atoms with E-state index < -0.39 is 11.6 Å². The highest BCUT2D eigenvalue weighted by molar-refractivity contribution is 6.35. The third-order valence-electron chi connectivity index (χ3n) is 5.97. The lowest BCUT2D eigenvalue weighted by Crippen LogP contribution is -2.64. The molecule has 0 bridgehead atoms. The van der Waals surface area contributed by atoms with Crippen LogP contribution in [0.5, 0.6) is 0 Å². The summed E-state index contributed by atoms with van der Waals surface area (Å²) in [6.07, 6.45) is 0.548. The number of benzene rings is 1. The fraction of sp³-hybridized carbons (Fsp3) is 0.364. The van der Waals surface area contributed by atoms with Crippen LogP contribution in [0.2, 0.25) is 5.02 Å². The second-order valence-electron chi connectivity index (χ2n) is 8.42. The van der Waals surface area contributed by atoms with Gasteiger partial charge in [-0.2, -0.15) is 5.10 Å². The second-order valence-corrected chi connectivity index (χ2v) is 8.83. The second kappa shape index (κ2) is 7.75. The summed E-state index contributed by atoms with van der Waals surface area (Å²) in [6, 6.07) is 7.19. The Morgan fingerprint density at radius 1 is 1.28 bits per heavy atom. The smallest absolute Gasteiger partial charge is 0.252 e. The molecular formula is C22H25ClN6O3. The maximum atomic E-state index is 13.4.